The predicted molar refractivity (Wildman–Crippen MR) is 108 cm³/mol. The van der Waals surface area contributed by atoms with Gasteiger partial charge in [-0.3, -0.25) is 14.4 Å². The first-order chi connectivity index (χ1) is 14.6. The molecule has 31 heavy (non-hydrogen) atoms. The number of carbonyl (C=O) groups excluding carboxylic acids is 3. The minimum absolute atomic E-state index is 0.0295. The molecule has 1 saturated heterocycles. The minimum Gasteiger partial charge on any atom is -0.456 e. The number of halogens is 2. The molecular weight excluding hydrogens is 434 g/mol. The highest BCUT2D eigenvalue weighted by Crippen LogP contribution is 2.19. The molecule has 1 aliphatic heterocycles. The smallest absolute Gasteiger partial charge is 0.308 e. The van der Waals surface area contributed by atoms with Gasteiger partial charge in [-0.15, -0.1) is 0 Å². The first kappa shape index (κ1) is 24.7. The predicted octanol–water partition coefficient (Wildman–Crippen LogP) is 1.44. The van der Waals surface area contributed by atoms with E-state index >= 15 is 0 Å². The molecule has 11 heteroatoms. The van der Waals surface area contributed by atoms with Crippen LogP contribution < -0.4 is 5.32 Å². The maximum Gasteiger partial charge on any atom is 0.308 e. The van der Waals surface area contributed by atoms with E-state index in [1.165, 1.54) is 4.90 Å². The first-order valence-corrected chi connectivity index (χ1v) is 11.8. The monoisotopic (exact) mass is 460 g/mol. The molecule has 0 aromatic heterocycles. The topological polar surface area (TPSA) is 110 Å². The van der Waals surface area contributed by atoms with Gasteiger partial charge < -0.3 is 15.0 Å². The zero-order valence-electron chi connectivity index (χ0n) is 17.2. The Kier molecular flexibility index (Phi) is 8.90. The van der Waals surface area contributed by atoms with Crippen LogP contribution in [0.25, 0.3) is 0 Å². The summed E-state index contributed by atoms with van der Waals surface area (Å²) in [5.74, 6) is -3.93. The summed E-state index contributed by atoms with van der Waals surface area (Å²) < 4.78 is 54.8. The van der Waals surface area contributed by atoms with Crippen molar-refractivity contribution in [2.45, 2.75) is 38.6 Å². The number of benzene rings is 1. The highest BCUT2D eigenvalue weighted by molar-refractivity contribution is 7.91. The lowest BCUT2D eigenvalue weighted by Gasteiger charge is -2.28. The largest absolute Gasteiger partial charge is 0.456 e. The highest BCUT2D eigenvalue weighted by atomic mass is 32.2. The zero-order chi connectivity index (χ0) is 23.0. The van der Waals surface area contributed by atoms with Crippen LogP contribution in [0.15, 0.2) is 18.2 Å². The fourth-order valence-electron chi connectivity index (χ4n) is 3.20. The zero-order valence-corrected chi connectivity index (χ0v) is 18.1. The van der Waals surface area contributed by atoms with Crippen molar-refractivity contribution in [2.75, 3.05) is 31.2 Å². The Morgan fingerprint density at radius 2 is 2.00 bits per heavy atom. The summed E-state index contributed by atoms with van der Waals surface area (Å²) in [4.78, 5) is 37.7. The molecular formula is C20H26F2N2O6S. The standard InChI is InChI=1S/C20H26F2N2O6S/c1-2-3-9-24(15-7-10-31(28,29)13-15)18(25)12-30-19(26)6-8-23-20(27)16-5-4-14(21)11-17(16)22/h4-5,11,15H,2-3,6-10,12-13H2,1H3,(H,23,27). The number of nitrogens with one attached hydrogen (secondary N) is 1. The van der Waals surface area contributed by atoms with Crippen LogP contribution in [-0.2, 0) is 24.2 Å². The van der Waals surface area contributed by atoms with Crippen molar-refractivity contribution in [1.29, 1.82) is 0 Å². The van der Waals surface area contributed by atoms with E-state index in [4.69, 9.17) is 4.74 Å². The quantitative estimate of drug-likeness (QED) is 0.529. The second-order valence-electron chi connectivity index (χ2n) is 7.29. The summed E-state index contributed by atoms with van der Waals surface area (Å²) in [6.07, 6.45) is 1.62. The average Bonchev–Trinajstić information content (AvgIpc) is 3.06. The molecule has 2 rings (SSSR count). The number of amides is 2. The van der Waals surface area contributed by atoms with Gasteiger partial charge in [0, 0.05) is 25.2 Å². The third kappa shape index (κ3) is 7.57. The number of hydrogen-bond acceptors (Lipinski definition) is 6. The number of carbonyl (C=O) groups is 3. The second kappa shape index (κ2) is 11.2. The Bertz CT molecular complexity index is 922. The van der Waals surface area contributed by atoms with Crippen LogP contribution in [0.1, 0.15) is 43.0 Å². The Labute approximate surface area is 179 Å². The minimum atomic E-state index is -3.17. The fourth-order valence-corrected chi connectivity index (χ4v) is 4.94. The lowest BCUT2D eigenvalue weighted by molar-refractivity contribution is -0.152. The lowest BCUT2D eigenvalue weighted by Crippen LogP contribution is -2.44. The Balaban J connectivity index is 1.79. The van der Waals surface area contributed by atoms with E-state index < -0.39 is 51.9 Å². The molecule has 0 spiro atoms. The van der Waals surface area contributed by atoms with E-state index in [1.54, 1.807) is 0 Å². The van der Waals surface area contributed by atoms with Gasteiger partial charge in [0.1, 0.15) is 11.6 Å². The molecule has 1 aromatic rings. The molecule has 2 amide bonds. The van der Waals surface area contributed by atoms with Crippen LogP contribution in [0, 0.1) is 11.6 Å². The van der Waals surface area contributed by atoms with Crippen LogP contribution in [0.4, 0.5) is 8.78 Å². The van der Waals surface area contributed by atoms with Crippen molar-refractivity contribution in [3.05, 3.63) is 35.4 Å². The molecule has 1 N–H and O–H groups in total. The Morgan fingerprint density at radius 3 is 2.61 bits per heavy atom. The number of rotatable bonds is 10. The van der Waals surface area contributed by atoms with Crippen molar-refractivity contribution < 1.29 is 36.3 Å². The molecule has 1 aromatic carbocycles. The van der Waals surface area contributed by atoms with Gasteiger partial charge in [-0.05, 0) is 25.0 Å². The summed E-state index contributed by atoms with van der Waals surface area (Å²) >= 11 is 0. The number of esters is 1. The third-order valence-electron chi connectivity index (χ3n) is 4.87. The maximum atomic E-state index is 13.6. The SMILES string of the molecule is CCCCN(C(=O)COC(=O)CCNC(=O)c1ccc(F)cc1F)C1CCS(=O)(=O)C1. The maximum absolute atomic E-state index is 13.6. The van der Waals surface area contributed by atoms with Gasteiger partial charge in [0.25, 0.3) is 11.8 Å². The van der Waals surface area contributed by atoms with Gasteiger partial charge in [0.05, 0.1) is 23.5 Å². The molecule has 0 radical (unpaired) electrons. The summed E-state index contributed by atoms with van der Waals surface area (Å²) in [6, 6.07) is 2.09. The van der Waals surface area contributed by atoms with Crippen molar-refractivity contribution in [3.63, 3.8) is 0 Å². The molecule has 1 aliphatic rings. The molecule has 1 fully saturated rings. The van der Waals surface area contributed by atoms with Crippen LogP contribution in [0.2, 0.25) is 0 Å². The van der Waals surface area contributed by atoms with E-state index in [9.17, 15) is 31.6 Å². The third-order valence-corrected chi connectivity index (χ3v) is 6.62. The van der Waals surface area contributed by atoms with E-state index in [2.05, 4.69) is 5.32 Å². The van der Waals surface area contributed by atoms with Crippen molar-refractivity contribution in [2.24, 2.45) is 0 Å². The highest BCUT2D eigenvalue weighted by Gasteiger charge is 2.34. The van der Waals surface area contributed by atoms with E-state index in [0.29, 0.717) is 25.5 Å². The van der Waals surface area contributed by atoms with Crippen molar-refractivity contribution in [3.8, 4) is 0 Å². The van der Waals surface area contributed by atoms with E-state index in [0.717, 1.165) is 18.6 Å². The first-order valence-electron chi connectivity index (χ1n) is 10.0. The van der Waals surface area contributed by atoms with Gasteiger partial charge in [-0.1, -0.05) is 13.3 Å². The number of ether oxygens (including phenoxy) is 1. The normalized spacial score (nSPS) is 17.2. The molecule has 1 atom stereocenters. The van der Waals surface area contributed by atoms with Gasteiger partial charge >= 0.3 is 5.97 Å². The number of nitrogens with zero attached hydrogens (tertiary/aromatic N) is 1. The van der Waals surface area contributed by atoms with Crippen molar-refractivity contribution in [1.82, 2.24) is 10.2 Å². The van der Waals surface area contributed by atoms with E-state index in [1.807, 2.05) is 6.92 Å². The average molecular weight is 460 g/mol. The van der Waals surface area contributed by atoms with Gasteiger partial charge in [0.2, 0.25) is 0 Å². The van der Waals surface area contributed by atoms with Gasteiger partial charge in [-0.25, -0.2) is 17.2 Å². The number of unbranched alkanes of at least 4 members (excludes halogenated alkanes) is 1. The summed E-state index contributed by atoms with van der Waals surface area (Å²) in [5, 5.41) is 2.32. The molecule has 1 heterocycles. The molecule has 0 aliphatic carbocycles. The molecule has 172 valence electrons. The summed E-state index contributed by atoms with van der Waals surface area (Å²) in [6.45, 7) is 1.63. The number of sulfone groups is 1. The van der Waals surface area contributed by atoms with Crippen LogP contribution >= 0.6 is 0 Å². The van der Waals surface area contributed by atoms with Crippen LogP contribution in [-0.4, -0.2) is 68.3 Å². The molecule has 0 saturated carbocycles. The second-order valence-corrected chi connectivity index (χ2v) is 9.52. The summed E-state index contributed by atoms with van der Waals surface area (Å²) in [5.41, 5.74) is -0.358. The molecule has 0 bridgehead atoms. The van der Waals surface area contributed by atoms with Crippen LogP contribution in [0.5, 0.6) is 0 Å². The molecule has 1 unspecified atom stereocenters. The lowest BCUT2D eigenvalue weighted by atomic mass is 10.2. The Hall–Kier alpha value is -2.56. The van der Waals surface area contributed by atoms with Crippen molar-refractivity contribution >= 4 is 27.6 Å². The van der Waals surface area contributed by atoms with Gasteiger partial charge in [0.15, 0.2) is 16.4 Å². The van der Waals surface area contributed by atoms with Crippen LogP contribution in [0.3, 0.4) is 0 Å². The fraction of sp³-hybridized carbons (Fsp3) is 0.550. The number of hydrogen-bond donors (Lipinski definition) is 1. The molecule has 8 nitrogen and oxygen atoms in total. The summed E-state index contributed by atoms with van der Waals surface area (Å²) in [7, 11) is -3.17. The Morgan fingerprint density at radius 1 is 1.26 bits per heavy atom. The van der Waals surface area contributed by atoms with E-state index in [-0.39, 0.29) is 30.0 Å². The van der Waals surface area contributed by atoms with Gasteiger partial charge in [-0.2, -0.15) is 0 Å².